The predicted octanol–water partition coefficient (Wildman–Crippen LogP) is 17.0. The highest BCUT2D eigenvalue weighted by Crippen LogP contribution is 2.63. The molecule has 1 spiro atoms. The molecule has 12 aromatic rings. The van der Waals surface area contributed by atoms with Crippen LogP contribution in [0.2, 0.25) is 0 Å². The van der Waals surface area contributed by atoms with Crippen molar-refractivity contribution in [2.24, 2.45) is 0 Å². The molecule has 1 aromatic heterocycles. The Balaban J connectivity index is 0.975. The molecule has 0 radical (unpaired) electrons. The zero-order valence-corrected chi connectivity index (χ0v) is 35.4. The van der Waals surface area contributed by atoms with Gasteiger partial charge in [0, 0.05) is 42.7 Å². The van der Waals surface area contributed by atoms with Crippen LogP contribution in [0.4, 0.5) is 17.1 Å². The van der Waals surface area contributed by atoms with Crippen LogP contribution < -0.4 is 4.90 Å². The molecule has 11 aromatic carbocycles. The first-order valence-electron chi connectivity index (χ1n) is 22.0. The van der Waals surface area contributed by atoms with Gasteiger partial charge in [0.25, 0.3) is 0 Å². The summed E-state index contributed by atoms with van der Waals surface area (Å²) >= 11 is 1.90. The Kier molecular flexibility index (Phi) is 7.57. The van der Waals surface area contributed by atoms with Gasteiger partial charge in [0.2, 0.25) is 0 Å². The lowest BCUT2D eigenvalue weighted by atomic mass is 9.67. The van der Waals surface area contributed by atoms with Crippen LogP contribution in [-0.4, -0.2) is 0 Å². The second kappa shape index (κ2) is 13.6. The molecule has 298 valence electrons. The summed E-state index contributed by atoms with van der Waals surface area (Å²) in [7, 11) is 0. The molecule has 1 aliphatic carbocycles. The first-order chi connectivity index (χ1) is 31.7. The maximum atomic E-state index is 6.63. The van der Waals surface area contributed by atoms with E-state index in [1.165, 1.54) is 75.8 Å². The molecule has 1 aliphatic heterocycles. The van der Waals surface area contributed by atoms with Crippen LogP contribution in [0.3, 0.4) is 0 Å². The molecule has 2 heterocycles. The largest absolute Gasteiger partial charge is 0.455 e. The third-order valence-electron chi connectivity index (χ3n) is 13.9. The highest BCUT2D eigenvalue weighted by Gasteiger charge is 2.50. The molecule has 14 rings (SSSR count). The molecule has 0 unspecified atom stereocenters. The molecule has 0 saturated carbocycles. The fraction of sp³-hybridized carbons (Fsp3) is 0.0164. The summed E-state index contributed by atoms with van der Waals surface area (Å²) < 4.78 is 6.63. The van der Waals surface area contributed by atoms with Gasteiger partial charge < -0.3 is 9.32 Å². The zero-order valence-electron chi connectivity index (χ0n) is 34.6. The number of rotatable bonds is 4. The van der Waals surface area contributed by atoms with E-state index in [9.17, 15) is 0 Å². The van der Waals surface area contributed by atoms with Crippen molar-refractivity contribution in [1.29, 1.82) is 0 Å². The van der Waals surface area contributed by atoms with Gasteiger partial charge in [-0.05, 0) is 115 Å². The molecule has 64 heavy (non-hydrogen) atoms. The van der Waals surface area contributed by atoms with E-state index in [2.05, 4.69) is 223 Å². The van der Waals surface area contributed by atoms with E-state index in [-0.39, 0.29) is 0 Å². The van der Waals surface area contributed by atoms with E-state index >= 15 is 0 Å². The van der Waals surface area contributed by atoms with Gasteiger partial charge in [0.15, 0.2) is 0 Å². The van der Waals surface area contributed by atoms with Crippen molar-refractivity contribution >= 4 is 83.1 Å². The van der Waals surface area contributed by atoms with Gasteiger partial charge in [-0.2, -0.15) is 0 Å². The number of hydrogen-bond acceptors (Lipinski definition) is 3. The topological polar surface area (TPSA) is 16.4 Å². The summed E-state index contributed by atoms with van der Waals surface area (Å²) in [6, 6.07) is 82.8. The summed E-state index contributed by atoms with van der Waals surface area (Å²) in [6.45, 7) is 0. The van der Waals surface area contributed by atoms with Crippen molar-refractivity contribution in [2.45, 2.75) is 15.2 Å². The smallest absolute Gasteiger partial charge is 0.143 e. The number of anilines is 3. The highest BCUT2D eigenvalue weighted by molar-refractivity contribution is 7.99. The second-order valence-corrected chi connectivity index (χ2v) is 18.2. The summed E-state index contributed by atoms with van der Waals surface area (Å²) in [4.78, 5) is 5.05. The first-order valence-corrected chi connectivity index (χ1v) is 22.8. The van der Waals surface area contributed by atoms with Crippen molar-refractivity contribution in [3.63, 3.8) is 0 Å². The SMILES string of the molecule is c1ccc2c(c1)Sc1c(-c3ccc(N(c4ccc5ccc6c7ccccc7oc6c5c4)c4cc5ccccc5c5ccccc45)cc3)cccc1C21c2ccccc2-c2ccccc21. The predicted molar refractivity (Wildman–Crippen MR) is 268 cm³/mol. The minimum Gasteiger partial charge on any atom is -0.455 e. The van der Waals surface area contributed by atoms with Crippen LogP contribution in [0.25, 0.3) is 76.5 Å². The van der Waals surface area contributed by atoms with Gasteiger partial charge >= 0.3 is 0 Å². The third-order valence-corrected chi connectivity index (χ3v) is 15.1. The summed E-state index contributed by atoms with van der Waals surface area (Å²) in [5.41, 5.74) is 15.1. The fourth-order valence-corrected chi connectivity index (χ4v) is 12.5. The molecule has 0 saturated heterocycles. The van der Waals surface area contributed by atoms with Gasteiger partial charge in [-0.15, -0.1) is 0 Å². The van der Waals surface area contributed by atoms with E-state index in [0.29, 0.717) is 0 Å². The van der Waals surface area contributed by atoms with Crippen molar-refractivity contribution in [3.8, 4) is 22.3 Å². The third kappa shape index (κ3) is 4.93. The average molecular weight is 832 g/mol. The molecule has 0 atom stereocenters. The van der Waals surface area contributed by atoms with Crippen molar-refractivity contribution in [2.75, 3.05) is 4.90 Å². The Labute approximate surface area is 374 Å². The van der Waals surface area contributed by atoms with Crippen LogP contribution in [0, 0.1) is 0 Å². The summed E-state index contributed by atoms with van der Waals surface area (Å²) in [6.07, 6.45) is 0. The quantitative estimate of drug-likeness (QED) is 0.164. The van der Waals surface area contributed by atoms with Crippen LogP contribution in [0.15, 0.2) is 239 Å². The molecule has 3 heteroatoms. The zero-order chi connectivity index (χ0) is 41.9. The van der Waals surface area contributed by atoms with Crippen LogP contribution in [0.1, 0.15) is 22.3 Å². The number of fused-ring (bicyclic) bond motifs is 17. The van der Waals surface area contributed by atoms with E-state index < -0.39 is 5.41 Å². The molecular weight excluding hydrogens is 795 g/mol. The maximum absolute atomic E-state index is 6.63. The Morgan fingerprint density at radius 3 is 1.80 bits per heavy atom. The minimum absolute atomic E-state index is 0.421. The van der Waals surface area contributed by atoms with Gasteiger partial charge in [-0.1, -0.05) is 188 Å². The van der Waals surface area contributed by atoms with Gasteiger partial charge in [0.05, 0.1) is 11.1 Å². The lowest BCUT2D eigenvalue weighted by Crippen LogP contribution is -2.32. The molecule has 2 aliphatic rings. The Morgan fingerprint density at radius 2 is 0.984 bits per heavy atom. The van der Waals surface area contributed by atoms with Gasteiger partial charge in [-0.3, -0.25) is 0 Å². The average Bonchev–Trinajstić information content (AvgIpc) is 3.89. The van der Waals surface area contributed by atoms with Gasteiger partial charge in [0.1, 0.15) is 11.2 Å². The number of nitrogens with zero attached hydrogens (tertiary/aromatic N) is 1. The van der Waals surface area contributed by atoms with E-state index in [4.69, 9.17) is 4.42 Å². The number of para-hydroxylation sites is 1. The molecule has 0 amide bonds. The van der Waals surface area contributed by atoms with E-state index in [1.54, 1.807) is 0 Å². The minimum atomic E-state index is -0.421. The number of benzene rings is 11. The monoisotopic (exact) mass is 831 g/mol. The van der Waals surface area contributed by atoms with Crippen molar-refractivity contribution in [3.05, 3.63) is 247 Å². The van der Waals surface area contributed by atoms with Crippen LogP contribution in [-0.2, 0) is 5.41 Å². The standard InChI is InChI=1S/C61H37NOS/c1-2-15-43-40(14-1)36-56(48-19-4-3-16-45(43)48)62(42-34-30-39-31-35-50-49-20-7-11-26-57(49)63-59(50)51(39)37-42)41-32-28-38(29-33-41)44-21-13-25-55-60(44)64-58-27-12-10-24-54(58)61(55)52-22-8-5-17-46(52)47-18-6-9-23-53(47)61/h1-37H. The maximum Gasteiger partial charge on any atom is 0.143 e. The molecular formula is C61H37NOS. The molecule has 2 nitrogen and oxygen atoms in total. The summed E-state index contributed by atoms with van der Waals surface area (Å²) in [5.74, 6) is 0. The Hall–Kier alpha value is -7.85. The fourth-order valence-electron chi connectivity index (χ4n) is 11.2. The molecule has 0 fully saturated rings. The lowest BCUT2D eigenvalue weighted by molar-refractivity contribution is 0.672. The van der Waals surface area contributed by atoms with Crippen LogP contribution >= 0.6 is 11.8 Å². The molecule has 0 N–H and O–H groups in total. The van der Waals surface area contributed by atoms with Gasteiger partial charge in [-0.25, -0.2) is 0 Å². The normalized spacial score (nSPS) is 13.4. The Bertz CT molecular complexity index is 3850. The number of furan rings is 1. The van der Waals surface area contributed by atoms with E-state index in [1.807, 2.05) is 17.8 Å². The van der Waals surface area contributed by atoms with E-state index in [0.717, 1.165) is 49.8 Å². The first kappa shape index (κ1) is 35.7. The lowest BCUT2D eigenvalue weighted by Gasteiger charge is -2.40. The van der Waals surface area contributed by atoms with Crippen LogP contribution in [0.5, 0.6) is 0 Å². The summed E-state index contributed by atoms with van der Waals surface area (Å²) in [5, 5.41) is 9.38. The Morgan fingerprint density at radius 1 is 0.375 bits per heavy atom. The van der Waals surface area contributed by atoms with Crippen molar-refractivity contribution in [1.82, 2.24) is 0 Å². The molecule has 0 bridgehead atoms. The second-order valence-electron chi connectivity index (χ2n) is 17.1. The number of hydrogen-bond donors (Lipinski definition) is 0. The van der Waals surface area contributed by atoms with Crippen molar-refractivity contribution < 1.29 is 4.42 Å². The highest BCUT2D eigenvalue weighted by atomic mass is 32.2.